The molecule has 0 aromatic carbocycles. The molecule has 2 rings (SSSR count). The monoisotopic (exact) mass is 230 g/mol. The lowest BCUT2D eigenvalue weighted by Crippen LogP contribution is -2.34. The lowest BCUT2D eigenvalue weighted by Gasteiger charge is -2.22. The Morgan fingerprint density at radius 3 is 2.20 bits per heavy atom. The highest BCUT2D eigenvalue weighted by Gasteiger charge is 2.63. The van der Waals surface area contributed by atoms with Crippen LogP contribution in [-0.2, 0) is 14.3 Å². The van der Waals surface area contributed by atoms with E-state index in [4.69, 9.17) is 9.84 Å². The molecule has 2 fully saturated rings. The number of carbonyl (C=O) groups is 2. The Hall–Kier alpha value is -0.710. The highest BCUT2D eigenvalue weighted by atomic mass is 32.2. The van der Waals surface area contributed by atoms with Crippen LogP contribution in [0.15, 0.2) is 0 Å². The van der Waals surface area contributed by atoms with E-state index < -0.39 is 15.5 Å². The number of carbonyl (C=O) groups excluding carboxylic acids is 1. The molecule has 0 spiro atoms. The predicted octanol–water partition coefficient (Wildman–Crippen LogP) is 1.43. The summed E-state index contributed by atoms with van der Waals surface area (Å²) < 4.78 is 3.74. The number of aliphatic carboxylic acids is 1. The first-order chi connectivity index (χ1) is 7.05. The number of carboxylic acids is 1. The minimum absolute atomic E-state index is 0.226. The number of rotatable bonds is 3. The molecule has 5 heteroatoms. The maximum absolute atomic E-state index is 11.8. The summed E-state index contributed by atoms with van der Waals surface area (Å²) >= 11 is 1.31. The molecule has 2 heterocycles. The summed E-state index contributed by atoms with van der Waals surface area (Å²) in [6.45, 7) is 2.13. The fourth-order valence-corrected chi connectivity index (χ4v) is 4.20. The quantitative estimate of drug-likeness (QED) is 0.743. The van der Waals surface area contributed by atoms with Crippen molar-refractivity contribution in [3.05, 3.63) is 0 Å². The van der Waals surface area contributed by atoms with E-state index in [-0.39, 0.29) is 5.97 Å². The summed E-state index contributed by atoms with van der Waals surface area (Å²) in [5, 5.41) is 9.14. The normalized spacial score (nSPS) is 37.9. The van der Waals surface area contributed by atoms with Crippen molar-refractivity contribution in [3.8, 4) is 0 Å². The van der Waals surface area contributed by atoms with Gasteiger partial charge in [-0.1, -0.05) is 0 Å². The third-order valence-corrected chi connectivity index (χ3v) is 5.23. The topological polar surface area (TPSA) is 63.6 Å². The zero-order valence-corrected chi connectivity index (χ0v) is 9.43. The van der Waals surface area contributed by atoms with Gasteiger partial charge in [-0.3, -0.25) is 9.59 Å². The van der Waals surface area contributed by atoms with Gasteiger partial charge < -0.3 is 9.84 Å². The number of hydrogen-bond donors (Lipinski definition) is 1. The molecular weight excluding hydrogens is 216 g/mol. The first-order valence-electron chi connectivity index (χ1n) is 5.15. The zero-order chi connectivity index (χ0) is 11.1. The molecule has 2 saturated heterocycles. The molecule has 4 nitrogen and oxygen atoms in total. The molecule has 84 valence electrons. The van der Waals surface area contributed by atoms with E-state index >= 15 is 0 Å². The number of thioether (sulfide) groups is 1. The van der Waals surface area contributed by atoms with Crippen LogP contribution < -0.4 is 0 Å². The van der Waals surface area contributed by atoms with Crippen LogP contribution in [0.1, 0.15) is 32.6 Å². The SMILES string of the molecule is CCOC(=O)C12CCC(C(=O)O)(CC1)S2. The Kier molecular flexibility index (Phi) is 2.45. The lowest BCUT2D eigenvalue weighted by molar-refractivity contribution is -0.147. The Bertz CT molecular complexity index is 305. The van der Waals surface area contributed by atoms with Crippen LogP contribution in [0.3, 0.4) is 0 Å². The van der Waals surface area contributed by atoms with Crippen molar-refractivity contribution in [2.75, 3.05) is 6.61 Å². The molecule has 2 aliphatic rings. The van der Waals surface area contributed by atoms with Gasteiger partial charge in [-0.15, -0.1) is 11.8 Å². The van der Waals surface area contributed by atoms with E-state index in [1.54, 1.807) is 6.92 Å². The summed E-state index contributed by atoms with van der Waals surface area (Å²) in [5.74, 6) is -1.01. The minimum Gasteiger partial charge on any atom is -0.480 e. The second-order valence-corrected chi connectivity index (χ2v) is 5.88. The van der Waals surface area contributed by atoms with Gasteiger partial charge in [0.2, 0.25) is 0 Å². The van der Waals surface area contributed by atoms with Crippen LogP contribution in [0.25, 0.3) is 0 Å². The molecule has 0 aromatic rings. The smallest absolute Gasteiger partial charge is 0.322 e. The molecule has 0 amide bonds. The van der Waals surface area contributed by atoms with Crippen molar-refractivity contribution in [3.63, 3.8) is 0 Å². The molecular formula is C10H14O4S. The summed E-state index contributed by atoms with van der Waals surface area (Å²) in [5.41, 5.74) is 0. The zero-order valence-electron chi connectivity index (χ0n) is 8.62. The molecule has 0 saturated carbocycles. The standard InChI is InChI=1S/C10H14O4S/c1-2-14-8(13)10-5-3-9(15-10,4-6-10)7(11)12/h2-6H2,1H3,(H,11,12). The molecule has 0 unspecified atom stereocenters. The Labute approximate surface area is 92.4 Å². The van der Waals surface area contributed by atoms with Crippen LogP contribution >= 0.6 is 11.8 Å². The molecule has 15 heavy (non-hydrogen) atoms. The number of esters is 1. The largest absolute Gasteiger partial charge is 0.480 e. The molecule has 0 aliphatic carbocycles. The van der Waals surface area contributed by atoms with Crippen LogP contribution in [-0.4, -0.2) is 33.1 Å². The Morgan fingerprint density at radius 1 is 1.27 bits per heavy atom. The fourth-order valence-electron chi connectivity index (χ4n) is 2.40. The van der Waals surface area contributed by atoms with E-state index in [1.807, 2.05) is 0 Å². The summed E-state index contributed by atoms with van der Waals surface area (Å²) in [6, 6.07) is 0. The summed E-state index contributed by atoms with van der Waals surface area (Å²) in [6.07, 6.45) is 2.46. The van der Waals surface area contributed by atoms with Crippen LogP contribution in [0.5, 0.6) is 0 Å². The maximum atomic E-state index is 11.8. The van der Waals surface area contributed by atoms with E-state index in [9.17, 15) is 9.59 Å². The van der Waals surface area contributed by atoms with Gasteiger partial charge in [-0.05, 0) is 32.6 Å². The molecule has 2 bridgehead atoms. The van der Waals surface area contributed by atoms with Crippen molar-refractivity contribution in [1.82, 2.24) is 0 Å². The van der Waals surface area contributed by atoms with Gasteiger partial charge in [0.05, 0.1) is 6.61 Å². The first kappa shape index (κ1) is 10.8. The second kappa shape index (κ2) is 3.40. The van der Waals surface area contributed by atoms with Gasteiger partial charge in [0.15, 0.2) is 0 Å². The first-order valence-corrected chi connectivity index (χ1v) is 5.97. The Balaban J connectivity index is 2.16. The summed E-state index contributed by atoms with van der Waals surface area (Å²) in [4.78, 5) is 22.9. The van der Waals surface area contributed by atoms with E-state index in [0.29, 0.717) is 32.3 Å². The molecule has 0 aromatic heterocycles. The third kappa shape index (κ3) is 1.44. The molecule has 0 atom stereocenters. The molecule has 1 N–H and O–H groups in total. The lowest BCUT2D eigenvalue weighted by atomic mass is 9.82. The van der Waals surface area contributed by atoms with Crippen molar-refractivity contribution >= 4 is 23.7 Å². The van der Waals surface area contributed by atoms with Gasteiger partial charge in [-0.25, -0.2) is 0 Å². The van der Waals surface area contributed by atoms with Gasteiger partial charge in [0.1, 0.15) is 9.49 Å². The van der Waals surface area contributed by atoms with Gasteiger partial charge in [0, 0.05) is 0 Å². The Morgan fingerprint density at radius 2 is 1.80 bits per heavy atom. The average molecular weight is 230 g/mol. The molecule has 2 aliphatic heterocycles. The molecule has 0 radical (unpaired) electrons. The number of ether oxygens (including phenoxy) is 1. The van der Waals surface area contributed by atoms with Crippen LogP contribution in [0, 0.1) is 0 Å². The minimum atomic E-state index is -0.781. The third-order valence-electron chi connectivity index (χ3n) is 3.29. The van der Waals surface area contributed by atoms with Crippen molar-refractivity contribution in [2.45, 2.75) is 42.1 Å². The van der Waals surface area contributed by atoms with Crippen molar-refractivity contribution < 1.29 is 19.4 Å². The highest BCUT2D eigenvalue weighted by molar-refractivity contribution is 8.04. The van der Waals surface area contributed by atoms with Gasteiger partial charge >= 0.3 is 11.9 Å². The summed E-state index contributed by atoms with van der Waals surface area (Å²) in [7, 11) is 0. The van der Waals surface area contributed by atoms with Crippen molar-refractivity contribution in [2.24, 2.45) is 0 Å². The van der Waals surface area contributed by atoms with E-state index in [1.165, 1.54) is 11.8 Å². The van der Waals surface area contributed by atoms with Crippen LogP contribution in [0.2, 0.25) is 0 Å². The van der Waals surface area contributed by atoms with Crippen molar-refractivity contribution in [1.29, 1.82) is 0 Å². The van der Waals surface area contributed by atoms with Gasteiger partial charge in [-0.2, -0.15) is 0 Å². The highest BCUT2D eigenvalue weighted by Crippen LogP contribution is 2.62. The second-order valence-electron chi connectivity index (χ2n) is 4.12. The van der Waals surface area contributed by atoms with E-state index in [0.717, 1.165) is 0 Å². The fraction of sp³-hybridized carbons (Fsp3) is 0.800. The van der Waals surface area contributed by atoms with Gasteiger partial charge in [0.25, 0.3) is 0 Å². The average Bonchev–Trinajstić information content (AvgIpc) is 2.76. The van der Waals surface area contributed by atoms with Crippen LogP contribution in [0.4, 0.5) is 0 Å². The maximum Gasteiger partial charge on any atom is 0.322 e. The number of carboxylic acid groups (broad SMARTS) is 1. The van der Waals surface area contributed by atoms with E-state index in [2.05, 4.69) is 0 Å². The number of hydrogen-bond acceptors (Lipinski definition) is 4. The number of fused-ring (bicyclic) bond motifs is 2. The predicted molar refractivity (Wildman–Crippen MR) is 55.8 cm³/mol.